The Hall–Kier alpha value is -3.14. The first-order chi connectivity index (χ1) is 16.8. The maximum atomic E-state index is 12.8. The van der Waals surface area contributed by atoms with Gasteiger partial charge in [-0.3, -0.25) is 14.4 Å². The molecular weight excluding hydrogens is 452 g/mol. The maximum Gasteiger partial charge on any atom is 0.410 e. The van der Waals surface area contributed by atoms with E-state index in [1.54, 1.807) is 9.80 Å². The van der Waals surface area contributed by atoms with Gasteiger partial charge < -0.3 is 30.7 Å². The van der Waals surface area contributed by atoms with Crippen LogP contribution in [0.2, 0.25) is 0 Å². The lowest BCUT2D eigenvalue weighted by molar-refractivity contribution is -0.139. The highest BCUT2D eigenvalue weighted by molar-refractivity contribution is 5.86. The number of carbonyl (C=O) groups is 4. The van der Waals surface area contributed by atoms with Crippen molar-refractivity contribution in [3.8, 4) is 0 Å². The first-order valence-corrected chi connectivity index (χ1v) is 12.3. The third kappa shape index (κ3) is 8.54. The summed E-state index contributed by atoms with van der Waals surface area (Å²) in [6.45, 7) is 2.58. The minimum Gasteiger partial charge on any atom is -0.481 e. The van der Waals surface area contributed by atoms with Gasteiger partial charge in [-0.25, -0.2) is 4.79 Å². The molecule has 2 atom stereocenters. The van der Waals surface area contributed by atoms with Crippen molar-refractivity contribution >= 4 is 23.9 Å². The molecule has 2 aliphatic rings. The summed E-state index contributed by atoms with van der Waals surface area (Å²) in [5, 5.41) is 11.6. The van der Waals surface area contributed by atoms with Crippen LogP contribution >= 0.6 is 0 Å². The largest absolute Gasteiger partial charge is 0.481 e. The third-order valence-electron chi connectivity index (χ3n) is 6.70. The Balaban J connectivity index is 1.34. The minimum absolute atomic E-state index is 0.0588. The van der Waals surface area contributed by atoms with Gasteiger partial charge >= 0.3 is 12.1 Å². The van der Waals surface area contributed by atoms with Crippen LogP contribution in [-0.4, -0.2) is 77.0 Å². The van der Waals surface area contributed by atoms with E-state index in [1.807, 2.05) is 30.3 Å². The number of nitrogens with one attached hydrogen (secondary N) is 1. The van der Waals surface area contributed by atoms with E-state index in [0.29, 0.717) is 38.5 Å². The summed E-state index contributed by atoms with van der Waals surface area (Å²) in [5.41, 5.74) is 6.58. The van der Waals surface area contributed by atoms with Gasteiger partial charge in [0.2, 0.25) is 11.8 Å². The van der Waals surface area contributed by atoms with Crippen LogP contribution in [-0.2, 0) is 25.7 Å². The highest BCUT2D eigenvalue weighted by Gasteiger charge is 2.28. The summed E-state index contributed by atoms with van der Waals surface area (Å²) < 4.78 is 5.41. The standard InChI is InChI=1S/C25H36N4O6/c26-21(15-23(31)32)24(33)27-20-7-4-12-29(16-20)22(30)9-8-18-10-13-28(14-11-18)25(34)35-17-19-5-2-1-3-6-19/h1-3,5-6,18,20-21H,4,7-17,26H2,(H,27,33)(H,31,32). The summed E-state index contributed by atoms with van der Waals surface area (Å²) in [6, 6.07) is 8.27. The van der Waals surface area contributed by atoms with Gasteiger partial charge in [0.15, 0.2) is 0 Å². The zero-order valence-electron chi connectivity index (χ0n) is 20.1. The number of piperidine rings is 2. The smallest absolute Gasteiger partial charge is 0.410 e. The lowest BCUT2D eigenvalue weighted by Gasteiger charge is -2.34. The molecule has 2 saturated heterocycles. The Morgan fingerprint density at radius 3 is 2.46 bits per heavy atom. The molecule has 2 aliphatic heterocycles. The normalized spacial score (nSPS) is 19.6. The molecule has 0 bridgehead atoms. The molecule has 0 aromatic heterocycles. The van der Waals surface area contributed by atoms with Gasteiger partial charge in [-0.15, -0.1) is 0 Å². The molecule has 35 heavy (non-hydrogen) atoms. The molecule has 0 radical (unpaired) electrons. The van der Waals surface area contributed by atoms with Crippen LogP contribution in [0, 0.1) is 5.92 Å². The van der Waals surface area contributed by atoms with Gasteiger partial charge in [0, 0.05) is 38.6 Å². The molecule has 3 amide bonds. The molecule has 10 heteroatoms. The van der Waals surface area contributed by atoms with Gasteiger partial charge in [-0.2, -0.15) is 0 Å². The number of hydrogen-bond donors (Lipinski definition) is 3. The second kappa shape index (κ2) is 13.1. The minimum atomic E-state index is -1.12. The first kappa shape index (κ1) is 26.5. The van der Waals surface area contributed by atoms with Crippen molar-refractivity contribution in [3.05, 3.63) is 35.9 Å². The van der Waals surface area contributed by atoms with Crippen LogP contribution in [0.5, 0.6) is 0 Å². The SMILES string of the molecule is NC(CC(=O)O)C(=O)NC1CCCN(C(=O)CCC2CCN(C(=O)OCc3ccccc3)CC2)C1. The number of nitrogens with zero attached hydrogens (tertiary/aromatic N) is 2. The zero-order chi connectivity index (χ0) is 25.2. The van der Waals surface area contributed by atoms with E-state index in [9.17, 15) is 19.2 Å². The van der Waals surface area contributed by atoms with Gasteiger partial charge in [0.1, 0.15) is 6.61 Å². The predicted octanol–water partition coefficient (Wildman–Crippen LogP) is 1.72. The number of rotatable bonds is 9. The van der Waals surface area contributed by atoms with Crippen LogP contribution in [0.15, 0.2) is 30.3 Å². The Bertz CT molecular complexity index is 872. The fourth-order valence-electron chi connectivity index (χ4n) is 4.61. The van der Waals surface area contributed by atoms with E-state index in [-0.39, 0.29) is 24.6 Å². The molecule has 10 nitrogen and oxygen atoms in total. The van der Waals surface area contributed by atoms with Crippen LogP contribution < -0.4 is 11.1 Å². The fraction of sp³-hybridized carbons (Fsp3) is 0.600. The molecule has 1 aromatic carbocycles. The molecule has 192 valence electrons. The maximum absolute atomic E-state index is 12.8. The molecule has 2 unspecified atom stereocenters. The van der Waals surface area contributed by atoms with Crippen LogP contribution in [0.4, 0.5) is 4.79 Å². The quantitative estimate of drug-likeness (QED) is 0.480. The Labute approximate surface area is 205 Å². The number of carboxylic acids is 1. The summed E-state index contributed by atoms with van der Waals surface area (Å²) in [5.74, 6) is -1.18. The van der Waals surface area contributed by atoms with Crippen LogP contribution in [0.3, 0.4) is 0 Å². The van der Waals surface area contributed by atoms with Crippen molar-refractivity contribution in [1.29, 1.82) is 0 Å². The van der Waals surface area contributed by atoms with Gasteiger partial charge in [-0.1, -0.05) is 30.3 Å². The lowest BCUT2D eigenvalue weighted by Crippen LogP contribution is -2.53. The predicted molar refractivity (Wildman–Crippen MR) is 128 cm³/mol. The molecule has 1 aromatic rings. The Morgan fingerprint density at radius 1 is 1.06 bits per heavy atom. The fourth-order valence-corrected chi connectivity index (χ4v) is 4.61. The number of amides is 3. The summed E-state index contributed by atoms with van der Waals surface area (Å²) in [6.07, 6.45) is 3.66. The third-order valence-corrected chi connectivity index (χ3v) is 6.70. The number of hydrogen-bond acceptors (Lipinski definition) is 6. The van der Waals surface area contributed by atoms with Crippen molar-refractivity contribution in [2.45, 2.75) is 63.6 Å². The van der Waals surface area contributed by atoms with Gasteiger partial charge in [0.05, 0.1) is 12.5 Å². The Kier molecular flexibility index (Phi) is 9.89. The van der Waals surface area contributed by atoms with E-state index in [1.165, 1.54) is 0 Å². The highest BCUT2D eigenvalue weighted by atomic mass is 16.6. The van der Waals surface area contributed by atoms with E-state index < -0.39 is 24.3 Å². The monoisotopic (exact) mass is 488 g/mol. The average Bonchev–Trinajstić information content (AvgIpc) is 2.86. The van der Waals surface area contributed by atoms with Crippen LogP contribution in [0.1, 0.15) is 50.5 Å². The molecule has 2 heterocycles. The number of benzene rings is 1. The number of ether oxygens (including phenoxy) is 1. The summed E-state index contributed by atoms with van der Waals surface area (Å²) in [7, 11) is 0. The lowest BCUT2D eigenvalue weighted by atomic mass is 9.92. The van der Waals surface area contributed by atoms with E-state index in [4.69, 9.17) is 15.6 Å². The molecule has 0 saturated carbocycles. The molecular formula is C25H36N4O6. The molecule has 0 aliphatic carbocycles. The number of carboxylic acid groups (broad SMARTS) is 1. The second-order valence-corrected chi connectivity index (χ2v) is 9.40. The van der Waals surface area contributed by atoms with Gasteiger partial charge in [-0.05, 0) is 43.6 Å². The van der Waals surface area contributed by atoms with E-state index >= 15 is 0 Å². The topological polar surface area (TPSA) is 142 Å². The second-order valence-electron chi connectivity index (χ2n) is 9.40. The van der Waals surface area contributed by atoms with Crippen molar-refractivity contribution in [2.24, 2.45) is 11.7 Å². The molecule has 2 fully saturated rings. The van der Waals surface area contributed by atoms with E-state index in [0.717, 1.165) is 37.7 Å². The number of aliphatic carboxylic acids is 1. The van der Waals surface area contributed by atoms with Crippen molar-refractivity contribution in [1.82, 2.24) is 15.1 Å². The number of nitrogens with two attached hydrogens (primary N) is 1. The van der Waals surface area contributed by atoms with E-state index in [2.05, 4.69) is 5.32 Å². The van der Waals surface area contributed by atoms with Crippen molar-refractivity contribution in [2.75, 3.05) is 26.2 Å². The van der Waals surface area contributed by atoms with Crippen molar-refractivity contribution < 1.29 is 29.0 Å². The van der Waals surface area contributed by atoms with Gasteiger partial charge in [0.25, 0.3) is 0 Å². The summed E-state index contributed by atoms with van der Waals surface area (Å²) >= 11 is 0. The molecule has 4 N–H and O–H groups in total. The zero-order valence-corrected chi connectivity index (χ0v) is 20.1. The number of likely N-dealkylation sites (tertiary alicyclic amines) is 2. The average molecular weight is 489 g/mol. The Morgan fingerprint density at radius 2 is 1.77 bits per heavy atom. The van der Waals surface area contributed by atoms with Crippen molar-refractivity contribution in [3.63, 3.8) is 0 Å². The highest BCUT2D eigenvalue weighted by Crippen LogP contribution is 2.23. The summed E-state index contributed by atoms with van der Waals surface area (Å²) in [4.78, 5) is 51.4. The number of carbonyl (C=O) groups excluding carboxylic acids is 3. The molecule has 3 rings (SSSR count). The molecule has 0 spiro atoms. The first-order valence-electron chi connectivity index (χ1n) is 12.3. The van der Waals surface area contributed by atoms with Crippen LogP contribution in [0.25, 0.3) is 0 Å².